The molecule has 1 aromatic carbocycles. The third kappa shape index (κ3) is 3.20. The highest BCUT2D eigenvalue weighted by Gasteiger charge is 2.21. The standard InChI is InChI=1S/C15H15BrClFN2S/c1-7-12(8-5-6-9(16)10(17)11(8)18)19-14(15(2,3)4)20-13(7)21/h5-6H,1-4H3,(H,19,20,21). The zero-order valence-electron chi connectivity index (χ0n) is 12.1. The van der Waals surface area contributed by atoms with Crippen LogP contribution in [0.25, 0.3) is 11.3 Å². The molecule has 0 bridgehead atoms. The molecule has 2 nitrogen and oxygen atoms in total. The van der Waals surface area contributed by atoms with E-state index in [0.717, 1.165) is 5.56 Å². The van der Waals surface area contributed by atoms with E-state index in [1.165, 1.54) is 0 Å². The highest BCUT2D eigenvalue weighted by atomic mass is 79.9. The van der Waals surface area contributed by atoms with Crippen LogP contribution in [-0.2, 0) is 5.41 Å². The van der Waals surface area contributed by atoms with Crippen molar-refractivity contribution in [3.63, 3.8) is 0 Å². The summed E-state index contributed by atoms with van der Waals surface area (Å²) in [6.45, 7) is 7.88. The second-order valence-electron chi connectivity index (χ2n) is 5.86. The number of aromatic nitrogens is 2. The third-order valence-electron chi connectivity index (χ3n) is 3.17. The Morgan fingerprint density at radius 2 is 1.95 bits per heavy atom. The smallest absolute Gasteiger partial charge is 0.152 e. The van der Waals surface area contributed by atoms with Crippen molar-refractivity contribution in [1.82, 2.24) is 9.97 Å². The van der Waals surface area contributed by atoms with Crippen LogP contribution in [-0.4, -0.2) is 9.97 Å². The van der Waals surface area contributed by atoms with Gasteiger partial charge in [0.2, 0.25) is 0 Å². The lowest BCUT2D eigenvalue weighted by Crippen LogP contribution is -2.17. The summed E-state index contributed by atoms with van der Waals surface area (Å²) in [5.41, 5.74) is 1.52. The Morgan fingerprint density at radius 3 is 2.52 bits per heavy atom. The Kier molecular flexibility index (Phi) is 4.57. The first-order valence-corrected chi connectivity index (χ1v) is 7.96. The van der Waals surface area contributed by atoms with E-state index >= 15 is 0 Å². The van der Waals surface area contributed by atoms with Gasteiger partial charge in [0.1, 0.15) is 10.5 Å². The van der Waals surface area contributed by atoms with Gasteiger partial charge in [0.05, 0.1) is 10.7 Å². The van der Waals surface area contributed by atoms with Crippen LogP contribution in [0, 0.1) is 17.4 Å². The molecule has 0 saturated heterocycles. The first kappa shape index (κ1) is 16.6. The van der Waals surface area contributed by atoms with Crippen LogP contribution < -0.4 is 0 Å². The molecule has 112 valence electrons. The number of nitrogens with one attached hydrogen (secondary N) is 1. The van der Waals surface area contributed by atoms with Crippen molar-refractivity contribution in [2.45, 2.75) is 33.1 Å². The van der Waals surface area contributed by atoms with E-state index in [2.05, 4.69) is 25.9 Å². The summed E-state index contributed by atoms with van der Waals surface area (Å²) in [6, 6.07) is 3.39. The van der Waals surface area contributed by atoms with Crippen LogP contribution in [0.3, 0.4) is 0 Å². The molecule has 0 aliphatic rings. The second-order valence-corrected chi connectivity index (χ2v) is 7.48. The normalized spacial score (nSPS) is 11.8. The third-order valence-corrected chi connectivity index (χ3v) is 4.82. The van der Waals surface area contributed by atoms with E-state index in [1.807, 2.05) is 27.7 Å². The van der Waals surface area contributed by atoms with Gasteiger partial charge in [-0.05, 0) is 35.0 Å². The van der Waals surface area contributed by atoms with Gasteiger partial charge in [0.15, 0.2) is 5.82 Å². The van der Waals surface area contributed by atoms with Crippen LogP contribution >= 0.6 is 39.7 Å². The molecule has 0 unspecified atom stereocenters. The molecule has 6 heteroatoms. The van der Waals surface area contributed by atoms with Gasteiger partial charge in [-0.15, -0.1) is 0 Å². The Morgan fingerprint density at radius 1 is 1.33 bits per heavy atom. The minimum absolute atomic E-state index is 0.0559. The molecule has 0 radical (unpaired) electrons. The summed E-state index contributed by atoms with van der Waals surface area (Å²) < 4.78 is 15.4. The molecule has 0 fully saturated rings. The maximum atomic E-state index is 14.5. The number of nitrogens with zero attached hydrogens (tertiary/aromatic N) is 1. The minimum atomic E-state index is -0.481. The molecule has 1 heterocycles. The lowest BCUT2D eigenvalue weighted by molar-refractivity contribution is 0.543. The summed E-state index contributed by atoms with van der Waals surface area (Å²) in [5, 5.41) is 0.0559. The first-order chi connectivity index (χ1) is 9.62. The topological polar surface area (TPSA) is 28.7 Å². The van der Waals surface area contributed by atoms with Gasteiger partial charge < -0.3 is 4.98 Å². The van der Waals surface area contributed by atoms with Crippen LogP contribution in [0.2, 0.25) is 5.02 Å². The number of halogens is 3. The Labute approximate surface area is 141 Å². The molecule has 0 saturated carbocycles. The number of rotatable bonds is 1. The molecule has 0 aliphatic heterocycles. The van der Waals surface area contributed by atoms with E-state index in [9.17, 15) is 4.39 Å². The highest BCUT2D eigenvalue weighted by Crippen LogP contribution is 2.34. The lowest BCUT2D eigenvalue weighted by atomic mass is 9.95. The maximum Gasteiger partial charge on any atom is 0.152 e. The number of benzene rings is 1. The zero-order valence-corrected chi connectivity index (χ0v) is 15.3. The largest absolute Gasteiger partial charge is 0.342 e. The van der Waals surface area contributed by atoms with Gasteiger partial charge in [-0.25, -0.2) is 9.37 Å². The molecular formula is C15H15BrClFN2S. The SMILES string of the molecule is Cc1c(-c2ccc(Br)c(Cl)c2F)[nH]c(C(C)(C)C)nc1=S. The summed E-state index contributed by atoms with van der Waals surface area (Å²) in [5.74, 6) is 0.234. The Bertz CT molecular complexity index is 765. The lowest BCUT2D eigenvalue weighted by Gasteiger charge is -2.20. The zero-order chi connectivity index (χ0) is 15.9. The predicted molar refractivity (Wildman–Crippen MR) is 91.0 cm³/mol. The van der Waals surface area contributed by atoms with Crippen LogP contribution in [0.15, 0.2) is 16.6 Å². The second kappa shape index (κ2) is 5.78. The summed E-state index contributed by atoms with van der Waals surface area (Å²) in [6.07, 6.45) is 0. The number of aromatic amines is 1. The molecule has 21 heavy (non-hydrogen) atoms. The van der Waals surface area contributed by atoms with Crippen molar-refractivity contribution in [1.29, 1.82) is 0 Å². The molecule has 2 rings (SSSR count). The number of hydrogen-bond acceptors (Lipinski definition) is 2. The van der Waals surface area contributed by atoms with E-state index in [4.69, 9.17) is 23.8 Å². The molecule has 0 aliphatic carbocycles. The van der Waals surface area contributed by atoms with E-state index in [-0.39, 0.29) is 10.4 Å². The predicted octanol–water partition coefficient (Wildman–Crippen LogP) is 5.97. The molecule has 0 atom stereocenters. The van der Waals surface area contributed by atoms with Gasteiger partial charge in [-0.3, -0.25) is 0 Å². The molecular weight excluding hydrogens is 375 g/mol. The fraction of sp³-hybridized carbons (Fsp3) is 0.333. The van der Waals surface area contributed by atoms with Crippen LogP contribution in [0.1, 0.15) is 32.2 Å². The molecule has 1 aromatic heterocycles. The van der Waals surface area contributed by atoms with E-state index in [0.29, 0.717) is 26.2 Å². The highest BCUT2D eigenvalue weighted by molar-refractivity contribution is 9.10. The molecule has 1 N–H and O–H groups in total. The summed E-state index contributed by atoms with van der Waals surface area (Å²) in [7, 11) is 0. The molecule has 0 spiro atoms. The van der Waals surface area contributed by atoms with Gasteiger partial charge in [0.25, 0.3) is 0 Å². The van der Waals surface area contributed by atoms with Crippen molar-refractivity contribution < 1.29 is 4.39 Å². The minimum Gasteiger partial charge on any atom is -0.342 e. The van der Waals surface area contributed by atoms with Gasteiger partial charge in [0, 0.05) is 21.0 Å². The quantitative estimate of drug-likeness (QED) is 0.481. The summed E-state index contributed by atoms with van der Waals surface area (Å²) in [4.78, 5) is 7.60. The van der Waals surface area contributed by atoms with Crippen LogP contribution in [0.5, 0.6) is 0 Å². The Hall–Kier alpha value is -0.780. The monoisotopic (exact) mass is 388 g/mol. The van der Waals surface area contributed by atoms with Crippen molar-refractivity contribution in [3.05, 3.63) is 43.5 Å². The van der Waals surface area contributed by atoms with Gasteiger partial charge in [-0.1, -0.05) is 44.6 Å². The van der Waals surface area contributed by atoms with Crippen molar-refractivity contribution in [2.75, 3.05) is 0 Å². The maximum absolute atomic E-state index is 14.5. The van der Waals surface area contributed by atoms with Crippen molar-refractivity contribution >= 4 is 39.7 Å². The van der Waals surface area contributed by atoms with Crippen molar-refractivity contribution in [2.24, 2.45) is 0 Å². The average Bonchev–Trinajstić information content (AvgIpc) is 2.39. The molecule has 0 amide bonds. The number of hydrogen-bond donors (Lipinski definition) is 1. The van der Waals surface area contributed by atoms with E-state index in [1.54, 1.807) is 12.1 Å². The number of H-pyrrole nitrogens is 1. The Balaban J connectivity index is 2.78. The van der Waals surface area contributed by atoms with Crippen molar-refractivity contribution in [3.8, 4) is 11.3 Å². The first-order valence-electron chi connectivity index (χ1n) is 6.38. The van der Waals surface area contributed by atoms with E-state index < -0.39 is 5.82 Å². The van der Waals surface area contributed by atoms with Crippen LogP contribution in [0.4, 0.5) is 4.39 Å². The van der Waals surface area contributed by atoms with Gasteiger partial charge >= 0.3 is 0 Å². The fourth-order valence-electron chi connectivity index (χ4n) is 1.88. The average molecular weight is 390 g/mol. The van der Waals surface area contributed by atoms with Gasteiger partial charge in [-0.2, -0.15) is 0 Å². The fourth-order valence-corrected chi connectivity index (χ4v) is 2.54. The summed E-state index contributed by atoms with van der Waals surface area (Å²) >= 11 is 14.5. The molecule has 2 aromatic rings.